The lowest BCUT2D eigenvalue weighted by atomic mass is 9.93. The number of fused-ring (bicyclic) bond motifs is 2. The van der Waals surface area contributed by atoms with Crippen molar-refractivity contribution in [1.29, 1.82) is 0 Å². The highest BCUT2D eigenvalue weighted by atomic mass is 32.1. The third-order valence-corrected chi connectivity index (χ3v) is 9.23. The molecule has 5 aromatic rings. The second-order valence-electron chi connectivity index (χ2n) is 9.53. The van der Waals surface area contributed by atoms with Gasteiger partial charge in [-0.2, -0.15) is 4.98 Å². The average molecular weight is 549 g/mol. The molecule has 196 valence electrons. The smallest absolute Gasteiger partial charge is 0.225 e. The third kappa shape index (κ3) is 4.50. The Labute approximate surface area is 227 Å². The molecule has 1 unspecified atom stereocenters. The Balaban J connectivity index is 1.41. The Bertz CT molecular complexity index is 1540. The zero-order valence-electron chi connectivity index (χ0n) is 20.9. The number of rotatable bonds is 6. The molecule has 1 saturated heterocycles. The Kier molecular flexibility index (Phi) is 6.70. The molecule has 0 spiro atoms. The normalized spacial score (nSPS) is 20.8. The van der Waals surface area contributed by atoms with Crippen molar-refractivity contribution in [2.75, 3.05) is 23.4 Å². The van der Waals surface area contributed by atoms with E-state index in [-0.39, 0.29) is 12.6 Å². The summed E-state index contributed by atoms with van der Waals surface area (Å²) in [5.41, 5.74) is 3.26. The zero-order valence-corrected chi connectivity index (χ0v) is 22.6. The lowest BCUT2D eigenvalue weighted by Crippen LogP contribution is -2.54. The van der Waals surface area contributed by atoms with Crippen molar-refractivity contribution in [3.05, 3.63) is 59.2 Å². The molecule has 0 bridgehead atoms. The van der Waals surface area contributed by atoms with Crippen LogP contribution in [0, 0.1) is 12.8 Å². The molecule has 11 heteroatoms. The van der Waals surface area contributed by atoms with Crippen molar-refractivity contribution >= 4 is 54.9 Å². The largest absolute Gasteiger partial charge is 0.396 e. The van der Waals surface area contributed by atoms with Gasteiger partial charge in [-0.25, -0.2) is 15.0 Å². The summed E-state index contributed by atoms with van der Waals surface area (Å²) in [6.07, 6.45) is -1.81. The second kappa shape index (κ2) is 10.2. The van der Waals surface area contributed by atoms with Crippen LogP contribution >= 0.6 is 22.7 Å². The number of nitrogens with one attached hydrogen (secondary N) is 1. The molecule has 3 aromatic heterocycles. The minimum absolute atomic E-state index is 0.149. The van der Waals surface area contributed by atoms with E-state index in [0.717, 1.165) is 36.0 Å². The molecule has 9 nitrogen and oxygen atoms in total. The Morgan fingerprint density at radius 2 is 1.66 bits per heavy atom. The molecule has 0 saturated carbocycles. The van der Waals surface area contributed by atoms with Gasteiger partial charge in [-0.1, -0.05) is 24.3 Å². The number of para-hydroxylation sites is 2. The summed E-state index contributed by atoms with van der Waals surface area (Å²) in [5.74, 6) is 0.505. The van der Waals surface area contributed by atoms with Crippen molar-refractivity contribution in [2.24, 2.45) is 5.92 Å². The fourth-order valence-corrected chi connectivity index (χ4v) is 6.88. The van der Waals surface area contributed by atoms with Gasteiger partial charge in [-0.3, -0.25) is 0 Å². The Morgan fingerprint density at radius 1 is 0.974 bits per heavy atom. The molecule has 38 heavy (non-hydrogen) atoms. The summed E-state index contributed by atoms with van der Waals surface area (Å²) in [7, 11) is 0. The fraction of sp³-hybridized carbons (Fsp3) is 0.333. The van der Waals surface area contributed by atoms with Gasteiger partial charge in [-0.15, -0.1) is 22.7 Å². The molecule has 4 heterocycles. The third-order valence-electron chi connectivity index (χ3n) is 6.96. The minimum atomic E-state index is -1.22. The van der Waals surface area contributed by atoms with Crippen molar-refractivity contribution in [2.45, 2.75) is 38.6 Å². The van der Waals surface area contributed by atoms with Gasteiger partial charge in [0, 0.05) is 19.1 Å². The maximum absolute atomic E-state index is 11.1. The molecule has 4 N–H and O–H groups in total. The van der Waals surface area contributed by atoms with E-state index in [2.05, 4.69) is 11.4 Å². The molecule has 4 atom stereocenters. The van der Waals surface area contributed by atoms with Gasteiger partial charge >= 0.3 is 0 Å². The first-order valence-electron chi connectivity index (χ1n) is 12.5. The van der Waals surface area contributed by atoms with E-state index in [1.807, 2.05) is 56.3 Å². The SMILES string of the molecule is Cc1nc(N[C@H](C)c2nc3ccccc3s2)nc(N2CC[C@H](CO)[C@@H](O)C2O)c1-c1nc2ccccc2s1. The van der Waals surface area contributed by atoms with Crippen LogP contribution in [0.4, 0.5) is 11.8 Å². The number of hydrogen-bond donors (Lipinski definition) is 4. The summed E-state index contributed by atoms with van der Waals surface area (Å²) >= 11 is 3.16. The predicted octanol–water partition coefficient (Wildman–Crippen LogP) is 4.34. The van der Waals surface area contributed by atoms with Crippen LogP contribution in [0.3, 0.4) is 0 Å². The molecule has 1 aliphatic rings. The van der Waals surface area contributed by atoms with E-state index >= 15 is 0 Å². The molecule has 0 aliphatic carbocycles. The Hall–Kier alpha value is -3.22. The van der Waals surface area contributed by atoms with Gasteiger partial charge in [-0.05, 0) is 44.5 Å². The van der Waals surface area contributed by atoms with Crippen LogP contribution in [-0.4, -0.2) is 60.7 Å². The summed E-state index contributed by atoms with van der Waals surface area (Å²) in [6.45, 7) is 4.16. The van der Waals surface area contributed by atoms with E-state index in [1.165, 1.54) is 11.3 Å². The number of aliphatic hydroxyl groups excluding tert-OH is 3. The summed E-state index contributed by atoms with van der Waals surface area (Å²) in [6, 6.07) is 15.8. The van der Waals surface area contributed by atoms with Crippen LogP contribution in [0.2, 0.25) is 0 Å². The Morgan fingerprint density at radius 3 is 2.34 bits per heavy atom. The monoisotopic (exact) mass is 548 g/mol. The first-order valence-corrected chi connectivity index (χ1v) is 14.2. The molecule has 2 aromatic carbocycles. The lowest BCUT2D eigenvalue weighted by molar-refractivity contribution is -0.0519. The van der Waals surface area contributed by atoms with Crippen LogP contribution in [-0.2, 0) is 0 Å². The first kappa shape index (κ1) is 25.1. The van der Waals surface area contributed by atoms with Gasteiger partial charge in [0.05, 0.1) is 37.7 Å². The van der Waals surface area contributed by atoms with Crippen molar-refractivity contribution in [1.82, 2.24) is 19.9 Å². The van der Waals surface area contributed by atoms with Crippen LogP contribution in [0.1, 0.15) is 30.1 Å². The van der Waals surface area contributed by atoms with E-state index < -0.39 is 18.2 Å². The number of thiazole rings is 2. The maximum Gasteiger partial charge on any atom is 0.225 e. The molecule has 0 amide bonds. The van der Waals surface area contributed by atoms with Crippen molar-refractivity contribution in [3.63, 3.8) is 0 Å². The number of piperidine rings is 1. The number of aryl methyl sites for hydroxylation is 1. The van der Waals surface area contributed by atoms with E-state index in [9.17, 15) is 15.3 Å². The number of aliphatic hydroxyl groups is 3. The maximum atomic E-state index is 11.1. The molecular weight excluding hydrogens is 520 g/mol. The standard InChI is InChI=1S/C27H28N6O3S2/c1-14-21(25-31-18-8-4-6-10-20(18)38-25)23(33-12-11-16(13-34)22(35)26(33)36)32-27(28-14)29-15(2)24-30-17-7-3-5-9-19(17)37-24/h3-10,15-16,22,26,34-36H,11-13H2,1-2H3,(H,28,29,32)/t15-,16-,22-,26?/m1/s1. The number of anilines is 2. The quantitative estimate of drug-likeness (QED) is 0.245. The van der Waals surface area contributed by atoms with Gasteiger partial charge in [0.15, 0.2) is 6.23 Å². The number of hydrogen-bond acceptors (Lipinski definition) is 11. The predicted molar refractivity (Wildman–Crippen MR) is 152 cm³/mol. The highest BCUT2D eigenvalue weighted by molar-refractivity contribution is 7.21. The van der Waals surface area contributed by atoms with Gasteiger partial charge in [0.1, 0.15) is 21.9 Å². The molecule has 1 aliphatic heterocycles. The van der Waals surface area contributed by atoms with E-state index in [0.29, 0.717) is 30.4 Å². The van der Waals surface area contributed by atoms with E-state index in [1.54, 1.807) is 16.2 Å². The van der Waals surface area contributed by atoms with Gasteiger partial charge in [0.25, 0.3) is 0 Å². The highest BCUT2D eigenvalue weighted by Crippen LogP contribution is 2.40. The average Bonchev–Trinajstić information content (AvgIpc) is 3.54. The van der Waals surface area contributed by atoms with Gasteiger partial charge in [0.2, 0.25) is 5.95 Å². The molecule has 1 fully saturated rings. The molecule has 6 rings (SSSR count). The molecular formula is C27H28N6O3S2. The van der Waals surface area contributed by atoms with Crippen LogP contribution in [0.25, 0.3) is 31.0 Å². The topological polar surface area (TPSA) is 128 Å². The number of nitrogens with zero attached hydrogens (tertiary/aromatic N) is 5. The first-order chi connectivity index (χ1) is 18.4. The summed E-state index contributed by atoms with van der Waals surface area (Å²) in [4.78, 5) is 20.9. The summed E-state index contributed by atoms with van der Waals surface area (Å²) in [5, 5.41) is 36.5. The van der Waals surface area contributed by atoms with Gasteiger partial charge < -0.3 is 25.5 Å². The number of benzene rings is 2. The minimum Gasteiger partial charge on any atom is -0.396 e. The van der Waals surface area contributed by atoms with Crippen LogP contribution in [0.5, 0.6) is 0 Å². The second-order valence-corrected chi connectivity index (χ2v) is 11.6. The molecule has 0 radical (unpaired) electrons. The number of aromatic nitrogens is 4. The highest BCUT2D eigenvalue weighted by Gasteiger charge is 2.38. The fourth-order valence-electron chi connectivity index (χ4n) is 4.86. The van der Waals surface area contributed by atoms with E-state index in [4.69, 9.17) is 19.9 Å². The van der Waals surface area contributed by atoms with Crippen molar-refractivity contribution < 1.29 is 15.3 Å². The summed E-state index contributed by atoms with van der Waals surface area (Å²) < 4.78 is 2.16. The van der Waals surface area contributed by atoms with Crippen LogP contribution in [0.15, 0.2) is 48.5 Å². The zero-order chi connectivity index (χ0) is 26.4. The lowest BCUT2D eigenvalue weighted by Gasteiger charge is -2.41. The van der Waals surface area contributed by atoms with Crippen LogP contribution < -0.4 is 10.2 Å². The van der Waals surface area contributed by atoms with Crippen molar-refractivity contribution in [3.8, 4) is 10.6 Å².